The first kappa shape index (κ1) is 18.7. The molecule has 0 unspecified atom stereocenters. The molecule has 1 N–H and O–H groups in total. The van der Waals surface area contributed by atoms with Crippen molar-refractivity contribution in [2.75, 3.05) is 13.8 Å². The van der Waals surface area contributed by atoms with Crippen LogP contribution in [0.15, 0.2) is 36.4 Å². The average molecular weight is 395 g/mol. The van der Waals surface area contributed by atoms with E-state index < -0.39 is 0 Å². The third-order valence-electron chi connectivity index (χ3n) is 4.55. The Labute approximate surface area is 162 Å². The maximum Gasteiger partial charge on any atom is 0.318 e. The standard InChI is InChI=1S/C19H20Cl2N2O3/c1-11(13-4-7-17-18(8-13)26-10-25-17)22-19(24)23(3)12(2)15-6-5-14(20)9-16(15)21/h4-9,11-12H,10H2,1-3H3,(H,22,24)/t11-,12+/m0/s1. The van der Waals surface area contributed by atoms with Gasteiger partial charge in [-0.1, -0.05) is 35.3 Å². The number of urea groups is 1. The molecule has 3 rings (SSSR count). The molecule has 2 amide bonds. The molecule has 0 spiro atoms. The summed E-state index contributed by atoms with van der Waals surface area (Å²) in [5.41, 5.74) is 1.78. The van der Waals surface area contributed by atoms with Gasteiger partial charge in [-0.05, 0) is 49.2 Å². The molecular formula is C19H20Cl2N2O3. The highest BCUT2D eigenvalue weighted by atomic mass is 35.5. The summed E-state index contributed by atoms with van der Waals surface area (Å²) in [7, 11) is 1.73. The van der Waals surface area contributed by atoms with Gasteiger partial charge in [0, 0.05) is 17.1 Å². The zero-order valence-corrected chi connectivity index (χ0v) is 16.3. The number of hydrogen-bond donors (Lipinski definition) is 1. The van der Waals surface area contributed by atoms with E-state index in [1.807, 2.05) is 38.1 Å². The third kappa shape index (κ3) is 3.84. The Morgan fingerprint density at radius 3 is 2.58 bits per heavy atom. The van der Waals surface area contributed by atoms with Crippen LogP contribution in [-0.2, 0) is 0 Å². The Morgan fingerprint density at radius 1 is 1.12 bits per heavy atom. The smallest absolute Gasteiger partial charge is 0.318 e. The van der Waals surface area contributed by atoms with Crippen LogP contribution in [-0.4, -0.2) is 24.8 Å². The molecular weight excluding hydrogens is 375 g/mol. The molecule has 1 aliphatic heterocycles. The molecule has 1 aliphatic rings. The maximum atomic E-state index is 12.6. The fourth-order valence-electron chi connectivity index (χ4n) is 2.78. The van der Waals surface area contributed by atoms with Crippen LogP contribution in [0.25, 0.3) is 0 Å². The summed E-state index contributed by atoms with van der Waals surface area (Å²) >= 11 is 12.2. The van der Waals surface area contributed by atoms with Crippen LogP contribution in [0.1, 0.15) is 37.1 Å². The SMILES string of the molecule is C[C@H](NC(=O)N(C)[C@H](C)c1ccc(Cl)cc1Cl)c1ccc2c(c1)OCO2. The number of benzene rings is 2. The van der Waals surface area contributed by atoms with Crippen LogP contribution in [0, 0.1) is 0 Å². The van der Waals surface area contributed by atoms with Crippen molar-refractivity contribution < 1.29 is 14.3 Å². The second-order valence-corrected chi connectivity index (χ2v) is 7.08. The lowest BCUT2D eigenvalue weighted by molar-refractivity contribution is 0.174. The van der Waals surface area contributed by atoms with E-state index in [4.69, 9.17) is 32.7 Å². The predicted octanol–water partition coefficient (Wildman–Crippen LogP) is 5.19. The average Bonchev–Trinajstić information content (AvgIpc) is 3.08. The van der Waals surface area contributed by atoms with Crippen molar-refractivity contribution in [3.05, 3.63) is 57.6 Å². The van der Waals surface area contributed by atoms with Crippen LogP contribution in [0.5, 0.6) is 11.5 Å². The van der Waals surface area contributed by atoms with E-state index in [0.29, 0.717) is 15.8 Å². The molecule has 0 fully saturated rings. The number of amides is 2. The highest BCUT2D eigenvalue weighted by molar-refractivity contribution is 6.35. The summed E-state index contributed by atoms with van der Waals surface area (Å²) in [5.74, 6) is 1.41. The lowest BCUT2D eigenvalue weighted by atomic mass is 10.1. The van der Waals surface area contributed by atoms with Gasteiger partial charge < -0.3 is 19.7 Å². The minimum absolute atomic E-state index is 0.188. The first-order valence-corrected chi connectivity index (χ1v) is 9.00. The van der Waals surface area contributed by atoms with Gasteiger partial charge in [0.2, 0.25) is 6.79 Å². The Hall–Kier alpha value is -2.11. The molecule has 0 radical (unpaired) electrons. The number of rotatable bonds is 4. The molecule has 1 heterocycles. The fourth-order valence-corrected chi connectivity index (χ4v) is 3.34. The highest BCUT2D eigenvalue weighted by Crippen LogP contribution is 2.34. The lowest BCUT2D eigenvalue weighted by Gasteiger charge is -2.28. The van der Waals surface area contributed by atoms with E-state index >= 15 is 0 Å². The Balaban J connectivity index is 1.68. The van der Waals surface area contributed by atoms with Crippen molar-refractivity contribution in [3.63, 3.8) is 0 Å². The lowest BCUT2D eigenvalue weighted by Crippen LogP contribution is -2.40. The predicted molar refractivity (Wildman–Crippen MR) is 102 cm³/mol. The van der Waals surface area contributed by atoms with Crippen LogP contribution >= 0.6 is 23.2 Å². The summed E-state index contributed by atoms with van der Waals surface area (Å²) in [4.78, 5) is 14.3. The second-order valence-electron chi connectivity index (χ2n) is 6.24. The molecule has 138 valence electrons. The molecule has 0 aliphatic carbocycles. The number of fused-ring (bicyclic) bond motifs is 1. The van der Waals surface area contributed by atoms with Crippen LogP contribution in [0.3, 0.4) is 0 Å². The van der Waals surface area contributed by atoms with Crippen LogP contribution < -0.4 is 14.8 Å². The van der Waals surface area contributed by atoms with Gasteiger partial charge in [-0.25, -0.2) is 4.79 Å². The first-order valence-electron chi connectivity index (χ1n) is 8.24. The zero-order chi connectivity index (χ0) is 18.8. The Morgan fingerprint density at radius 2 is 1.85 bits per heavy atom. The third-order valence-corrected chi connectivity index (χ3v) is 5.11. The number of ether oxygens (including phenoxy) is 2. The van der Waals surface area contributed by atoms with Crippen molar-refractivity contribution in [2.45, 2.75) is 25.9 Å². The first-order chi connectivity index (χ1) is 12.4. The molecule has 26 heavy (non-hydrogen) atoms. The molecule has 0 bridgehead atoms. The largest absolute Gasteiger partial charge is 0.454 e. The van der Waals surface area contributed by atoms with Gasteiger partial charge >= 0.3 is 6.03 Å². The second kappa shape index (κ2) is 7.64. The van der Waals surface area contributed by atoms with Gasteiger partial charge in [-0.2, -0.15) is 0 Å². The molecule has 2 atom stereocenters. The summed E-state index contributed by atoms with van der Waals surface area (Å²) in [5, 5.41) is 4.09. The summed E-state index contributed by atoms with van der Waals surface area (Å²) < 4.78 is 10.7. The van der Waals surface area contributed by atoms with Gasteiger partial charge in [0.05, 0.1) is 12.1 Å². The molecule has 2 aromatic rings. The van der Waals surface area contributed by atoms with E-state index in [1.165, 1.54) is 0 Å². The highest BCUT2D eigenvalue weighted by Gasteiger charge is 2.22. The van der Waals surface area contributed by atoms with Gasteiger partial charge in [0.15, 0.2) is 11.5 Å². The Kier molecular flexibility index (Phi) is 5.49. The summed E-state index contributed by atoms with van der Waals surface area (Å²) in [6.07, 6.45) is 0. The number of carbonyl (C=O) groups is 1. The number of nitrogens with zero attached hydrogens (tertiary/aromatic N) is 1. The van der Waals surface area contributed by atoms with E-state index in [-0.39, 0.29) is 24.9 Å². The monoisotopic (exact) mass is 394 g/mol. The topological polar surface area (TPSA) is 50.8 Å². The maximum absolute atomic E-state index is 12.6. The van der Waals surface area contributed by atoms with Gasteiger partial charge in [-0.3, -0.25) is 0 Å². The van der Waals surface area contributed by atoms with Gasteiger partial charge in [-0.15, -0.1) is 0 Å². The quantitative estimate of drug-likeness (QED) is 0.776. The zero-order valence-electron chi connectivity index (χ0n) is 14.8. The molecule has 5 nitrogen and oxygen atoms in total. The molecule has 0 aromatic heterocycles. The summed E-state index contributed by atoms with van der Waals surface area (Å²) in [6.45, 7) is 4.06. The fraction of sp³-hybridized carbons (Fsp3) is 0.316. The molecule has 2 aromatic carbocycles. The van der Waals surface area contributed by atoms with E-state index in [9.17, 15) is 4.79 Å². The van der Waals surface area contributed by atoms with Crippen molar-refractivity contribution >= 4 is 29.2 Å². The minimum atomic E-state index is -0.205. The van der Waals surface area contributed by atoms with Gasteiger partial charge in [0.25, 0.3) is 0 Å². The minimum Gasteiger partial charge on any atom is -0.454 e. The molecule has 0 saturated heterocycles. The van der Waals surface area contributed by atoms with E-state index in [2.05, 4.69) is 5.32 Å². The van der Waals surface area contributed by atoms with E-state index in [1.54, 1.807) is 24.1 Å². The number of halogens is 2. The van der Waals surface area contributed by atoms with Crippen molar-refractivity contribution in [3.8, 4) is 11.5 Å². The van der Waals surface area contributed by atoms with Crippen molar-refractivity contribution in [1.82, 2.24) is 10.2 Å². The molecule has 7 heteroatoms. The van der Waals surface area contributed by atoms with Gasteiger partial charge in [0.1, 0.15) is 0 Å². The normalized spacial score (nSPS) is 14.7. The number of nitrogens with one attached hydrogen (secondary N) is 1. The number of hydrogen-bond acceptors (Lipinski definition) is 3. The molecule has 0 saturated carbocycles. The number of carbonyl (C=O) groups excluding carboxylic acids is 1. The Bertz CT molecular complexity index is 828. The van der Waals surface area contributed by atoms with Crippen molar-refractivity contribution in [1.29, 1.82) is 0 Å². The van der Waals surface area contributed by atoms with E-state index in [0.717, 1.165) is 16.9 Å². The summed E-state index contributed by atoms with van der Waals surface area (Å²) in [6, 6.07) is 10.3. The van der Waals surface area contributed by atoms with Crippen LogP contribution in [0.2, 0.25) is 10.0 Å². The van der Waals surface area contributed by atoms with Crippen LogP contribution in [0.4, 0.5) is 4.79 Å². The van der Waals surface area contributed by atoms with Crippen molar-refractivity contribution in [2.24, 2.45) is 0 Å².